The Morgan fingerprint density at radius 2 is 2.12 bits per heavy atom. The maximum atomic E-state index is 11.1. The van der Waals surface area contributed by atoms with E-state index >= 15 is 0 Å². The van der Waals surface area contributed by atoms with E-state index in [0.29, 0.717) is 12.3 Å². The fraction of sp³-hybridized carbons (Fsp3) is 0.462. The molecule has 0 unspecified atom stereocenters. The third-order valence-corrected chi connectivity index (χ3v) is 2.80. The van der Waals surface area contributed by atoms with Crippen molar-refractivity contribution in [2.75, 3.05) is 13.2 Å². The molecule has 0 aliphatic carbocycles. The van der Waals surface area contributed by atoms with Crippen molar-refractivity contribution in [3.8, 4) is 5.75 Å². The van der Waals surface area contributed by atoms with Gasteiger partial charge < -0.3 is 10.1 Å². The molecule has 1 aliphatic rings. The van der Waals surface area contributed by atoms with Gasteiger partial charge in [0.05, 0.1) is 6.61 Å². The number of rotatable bonds is 4. The lowest BCUT2D eigenvalue weighted by atomic mass is 9.98. The van der Waals surface area contributed by atoms with E-state index in [-0.39, 0.29) is 5.91 Å². The van der Waals surface area contributed by atoms with Crippen LogP contribution in [0.3, 0.4) is 0 Å². The van der Waals surface area contributed by atoms with Gasteiger partial charge in [-0.1, -0.05) is 19.1 Å². The van der Waals surface area contributed by atoms with Gasteiger partial charge in [0.15, 0.2) is 0 Å². The van der Waals surface area contributed by atoms with Gasteiger partial charge in [-0.3, -0.25) is 4.79 Å². The summed E-state index contributed by atoms with van der Waals surface area (Å²) in [6.07, 6.45) is 1.62. The van der Waals surface area contributed by atoms with Gasteiger partial charge in [0, 0.05) is 18.9 Å². The van der Waals surface area contributed by atoms with Crippen LogP contribution < -0.4 is 10.1 Å². The molecule has 16 heavy (non-hydrogen) atoms. The molecule has 86 valence electrons. The summed E-state index contributed by atoms with van der Waals surface area (Å²) in [4.78, 5) is 11.1. The monoisotopic (exact) mass is 219 g/mol. The smallest absolute Gasteiger partial charge is 0.220 e. The second-order valence-corrected chi connectivity index (χ2v) is 4.12. The first-order valence-corrected chi connectivity index (χ1v) is 5.79. The molecule has 1 heterocycles. The van der Waals surface area contributed by atoms with Crippen LogP contribution in [0.15, 0.2) is 24.3 Å². The Bertz CT molecular complexity index is 359. The normalized spacial score (nSPS) is 19.6. The first kappa shape index (κ1) is 11.0. The number of nitrogens with one attached hydrogen (secondary N) is 1. The van der Waals surface area contributed by atoms with Crippen molar-refractivity contribution in [2.24, 2.45) is 0 Å². The Kier molecular flexibility index (Phi) is 3.44. The third kappa shape index (κ3) is 2.54. The number of amides is 1. The van der Waals surface area contributed by atoms with Gasteiger partial charge in [-0.2, -0.15) is 0 Å². The molecule has 1 fully saturated rings. The largest absolute Gasteiger partial charge is 0.494 e. The second kappa shape index (κ2) is 5.01. The zero-order valence-electron chi connectivity index (χ0n) is 9.53. The maximum Gasteiger partial charge on any atom is 0.220 e. The summed E-state index contributed by atoms with van der Waals surface area (Å²) >= 11 is 0. The molecule has 2 rings (SSSR count). The van der Waals surface area contributed by atoms with Gasteiger partial charge in [-0.05, 0) is 24.1 Å². The number of carbonyl (C=O) groups is 1. The molecule has 0 radical (unpaired) electrons. The topological polar surface area (TPSA) is 38.3 Å². The van der Waals surface area contributed by atoms with Crippen LogP contribution >= 0.6 is 0 Å². The average molecular weight is 219 g/mol. The molecule has 1 amide bonds. The van der Waals surface area contributed by atoms with Crippen LogP contribution in [-0.2, 0) is 4.79 Å². The van der Waals surface area contributed by atoms with Crippen molar-refractivity contribution >= 4 is 5.91 Å². The number of hydrogen-bond acceptors (Lipinski definition) is 2. The van der Waals surface area contributed by atoms with Gasteiger partial charge in [-0.25, -0.2) is 0 Å². The van der Waals surface area contributed by atoms with Gasteiger partial charge in [-0.15, -0.1) is 0 Å². The molecule has 0 bridgehead atoms. The molecule has 3 nitrogen and oxygen atoms in total. The number of benzene rings is 1. The number of hydrogen-bond donors (Lipinski definition) is 1. The summed E-state index contributed by atoms with van der Waals surface area (Å²) < 4.78 is 5.51. The third-order valence-electron chi connectivity index (χ3n) is 2.80. The molecule has 1 aromatic carbocycles. The van der Waals surface area contributed by atoms with Crippen LogP contribution in [0.5, 0.6) is 5.75 Å². The highest BCUT2D eigenvalue weighted by molar-refractivity contribution is 5.79. The average Bonchev–Trinajstić information content (AvgIpc) is 2.74. The van der Waals surface area contributed by atoms with Crippen molar-refractivity contribution < 1.29 is 9.53 Å². The Morgan fingerprint density at radius 1 is 1.38 bits per heavy atom. The molecular formula is C13H17NO2. The molecular weight excluding hydrogens is 202 g/mol. The molecule has 1 aromatic rings. The standard InChI is InChI=1S/C13H17NO2/c1-2-7-16-12-5-3-10(4-6-12)11-8-13(15)14-9-11/h3-6,11H,2,7-9H2,1H3,(H,14,15)/t11-/m0/s1. The van der Waals surface area contributed by atoms with E-state index in [1.54, 1.807) is 0 Å². The molecule has 0 saturated carbocycles. The van der Waals surface area contributed by atoms with E-state index in [9.17, 15) is 4.79 Å². The number of carbonyl (C=O) groups excluding carboxylic acids is 1. The minimum atomic E-state index is 0.149. The highest BCUT2D eigenvalue weighted by Gasteiger charge is 2.22. The van der Waals surface area contributed by atoms with E-state index in [2.05, 4.69) is 24.4 Å². The Morgan fingerprint density at radius 3 is 2.69 bits per heavy atom. The highest BCUT2D eigenvalue weighted by Crippen LogP contribution is 2.24. The molecule has 1 aliphatic heterocycles. The lowest BCUT2D eigenvalue weighted by Crippen LogP contribution is -2.13. The zero-order chi connectivity index (χ0) is 11.4. The summed E-state index contributed by atoms with van der Waals surface area (Å²) in [5, 5.41) is 2.85. The van der Waals surface area contributed by atoms with Crippen LogP contribution in [0.1, 0.15) is 31.2 Å². The summed E-state index contributed by atoms with van der Waals surface area (Å²) in [6.45, 7) is 3.60. The first-order valence-electron chi connectivity index (χ1n) is 5.79. The second-order valence-electron chi connectivity index (χ2n) is 4.12. The Balaban J connectivity index is 1.99. The van der Waals surface area contributed by atoms with Gasteiger partial charge >= 0.3 is 0 Å². The van der Waals surface area contributed by atoms with Crippen molar-refractivity contribution in [3.05, 3.63) is 29.8 Å². The van der Waals surface area contributed by atoms with Gasteiger partial charge in [0.2, 0.25) is 5.91 Å². The lowest BCUT2D eigenvalue weighted by Gasteiger charge is -2.09. The molecule has 1 atom stereocenters. The minimum Gasteiger partial charge on any atom is -0.494 e. The first-order chi connectivity index (χ1) is 7.79. The zero-order valence-corrected chi connectivity index (χ0v) is 9.53. The predicted octanol–water partition coefficient (Wildman–Crippen LogP) is 2.08. The van der Waals surface area contributed by atoms with Crippen molar-refractivity contribution in [1.29, 1.82) is 0 Å². The summed E-state index contributed by atoms with van der Waals surface area (Å²) in [5.74, 6) is 1.38. The Labute approximate surface area is 95.8 Å². The van der Waals surface area contributed by atoms with Crippen LogP contribution in [0.4, 0.5) is 0 Å². The van der Waals surface area contributed by atoms with E-state index in [1.807, 2.05) is 12.1 Å². The lowest BCUT2D eigenvalue weighted by molar-refractivity contribution is -0.119. The van der Waals surface area contributed by atoms with Crippen LogP contribution in [-0.4, -0.2) is 19.1 Å². The summed E-state index contributed by atoms with van der Waals surface area (Å²) in [7, 11) is 0. The molecule has 0 spiro atoms. The van der Waals surface area contributed by atoms with E-state index in [0.717, 1.165) is 25.3 Å². The quantitative estimate of drug-likeness (QED) is 0.842. The van der Waals surface area contributed by atoms with E-state index < -0.39 is 0 Å². The highest BCUT2D eigenvalue weighted by atomic mass is 16.5. The minimum absolute atomic E-state index is 0.149. The summed E-state index contributed by atoms with van der Waals surface area (Å²) in [5.41, 5.74) is 1.21. The van der Waals surface area contributed by atoms with Crippen molar-refractivity contribution in [3.63, 3.8) is 0 Å². The van der Waals surface area contributed by atoms with Gasteiger partial charge in [0.1, 0.15) is 5.75 Å². The van der Waals surface area contributed by atoms with Crippen molar-refractivity contribution in [2.45, 2.75) is 25.7 Å². The van der Waals surface area contributed by atoms with Crippen LogP contribution in [0.2, 0.25) is 0 Å². The summed E-state index contributed by atoms with van der Waals surface area (Å²) in [6, 6.07) is 8.06. The van der Waals surface area contributed by atoms with E-state index in [1.165, 1.54) is 5.56 Å². The SMILES string of the molecule is CCCOc1ccc([C@@H]2CNC(=O)C2)cc1. The fourth-order valence-electron chi connectivity index (χ4n) is 1.90. The molecule has 0 aromatic heterocycles. The van der Waals surface area contributed by atoms with Crippen LogP contribution in [0, 0.1) is 0 Å². The fourth-order valence-corrected chi connectivity index (χ4v) is 1.90. The maximum absolute atomic E-state index is 11.1. The molecule has 1 N–H and O–H groups in total. The Hall–Kier alpha value is -1.51. The molecule has 3 heteroatoms. The number of ether oxygens (including phenoxy) is 1. The van der Waals surface area contributed by atoms with E-state index in [4.69, 9.17) is 4.74 Å². The predicted molar refractivity (Wildman–Crippen MR) is 62.6 cm³/mol. The van der Waals surface area contributed by atoms with Gasteiger partial charge in [0.25, 0.3) is 0 Å². The molecule has 1 saturated heterocycles. The van der Waals surface area contributed by atoms with Crippen molar-refractivity contribution in [1.82, 2.24) is 5.32 Å². The van der Waals surface area contributed by atoms with Crippen LogP contribution in [0.25, 0.3) is 0 Å².